The van der Waals surface area contributed by atoms with Crippen LogP contribution in [0, 0.1) is 0 Å². The molecule has 6 heteroatoms. The van der Waals surface area contributed by atoms with Crippen LogP contribution in [0.3, 0.4) is 0 Å². The molecule has 0 unspecified atom stereocenters. The van der Waals surface area contributed by atoms with E-state index in [4.69, 9.17) is 4.74 Å². The van der Waals surface area contributed by atoms with Crippen LogP contribution in [0.25, 0.3) is 0 Å². The van der Waals surface area contributed by atoms with E-state index in [-0.39, 0.29) is 29.9 Å². The van der Waals surface area contributed by atoms with Gasteiger partial charge in [-0.1, -0.05) is 0 Å². The summed E-state index contributed by atoms with van der Waals surface area (Å²) in [5.41, 5.74) is -0.136. The first-order valence-electron chi connectivity index (χ1n) is 8.08. The van der Waals surface area contributed by atoms with Gasteiger partial charge < -0.3 is 19.5 Å². The first-order valence-corrected chi connectivity index (χ1v) is 8.08. The summed E-state index contributed by atoms with van der Waals surface area (Å²) in [5, 5.41) is 3.29. The van der Waals surface area contributed by atoms with Crippen molar-refractivity contribution in [3.8, 4) is 5.75 Å². The molecule has 2 fully saturated rings. The third kappa shape index (κ3) is 3.32. The summed E-state index contributed by atoms with van der Waals surface area (Å²) in [6.45, 7) is 3.41. The molecule has 0 radical (unpaired) electrons. The zero-order valence-electron chi connectivity index (χ0n) is 12.8. The molecule has 6 nitrogen and oxygen atoms in total. The number of aromatic nitrogens is 1. The lowest BCUT2D eigenvalue weighted by Gasteiger charge is -2.25. The maximum absolute atomic E-state index is 12.5. The first-order chi connectivity index (χ1) is 10.8. The van der Waals surface area contributed by atoms with E-state index >= 15 is 0 Å². The molecule has 22 heavy (non-hydrogen) atoms. The lowest BCUT2D eigenvalue weighted by atomic mass is 10.1. The Bertz CT molecular complexity index is 572. The highest BCUT2D eigenvalue weighted by atomic mass is 16.5. The Balaban J connectivity index is 1.66. The van der Waals surface area contributed by atoms with Gasteiger partial charge >= 0.3 is 0 Å². The number of rotatable bonds is 4. The van der Waals surface area contributed by atoms with Crippen LogP contribution in [-0.2, 0) is 4.79 Å². The number of hydrogen-bond acceptors (Lipinski definition) is 4. The number of piperidine rings is 1. The second-order valence-corrected chi connectivity index (χ2v) is 5.94. The van der Waals surface area contributed by atoms with Crippen molar-refractivity contribution in [3.05, 3.63) is 28.7 Å². The smallest absolute Gasteiger partial charge is 0.293 e. The number of hydrogen-bond donors (Lipinski definition) is 1. The van der Waals surface area contributed by atoms with E-state index in [2.05, 4.69) is 5.32 Å². The topological polar surface area (TPSA) is 63.6 Å². The van der Waals surface area contributed by atoms with E-state index in [1.54, 1.807) is 15.5 Å². The normalized spacial score (nSPS) is 19.4. The minimum Gasteiger partial charge on any atom is -0.478 e. The highest BCUT2D eigenvalue weighted by molar-refractivity contribution is 5.77. The maximum atomic E-state index is 12.5. The number of likely N-dealkylation sites (tertiary alicyclic amines) is 1. The summed E-state index contributed by atoms with van der Waals surface area (Å²) in [6, 6.07) is 3.68. The van der Waals surface area contributed by atoms with Crippen LogP contribution < -0.4 is 15.6 Å². The number of amides is 1. The predicted molar refractivity (Wildman–Crippen MR) is 83.2 cm³/mol. The number of ether oxygens (including phenoxy) is 1. The van der Waals surface area contributed by atoms with E-state index in [0.717, 1.165) is 51.9 Å². The maximum Gasteiger partial charge on any atom is 0.293 e. The minimum atomic E-state index is -0.136. The average molecular weight is 305 g/mol. The fraction of sp³-hybridized carbons (Fsp3) is 0.625. The van der Waals surface area contributed by atoms with Crippen LogP contribution in [0.1, 0.15) is 31.7 Å². The van der Waals surface area contributed by atoms with Crippen LogP contribution in [0.5, 0.6) is 5.75 Å². The Morgan fingerprint density at radius 2 is 2.00 bits per heavy atom. The van der Waals surface area contributed by atoms with Crippen LogP contribution in [0.15, 0.2) is 23.1 Å². The van der Waals surface area contributed by atoms with Gasteiger partial charge in [0.25, 0.3) is 11.5 Å². The van der Waals surface area contributed by atoms with Crippen molar-refractivity contribution in [3.63, 3.8) is 0 Å². The molecule has 0 aliphatic carbocycles. The van der Waals surface area contributed by atoms with Crippen molar-refractivity contribution >= 4 is 5.91 Å². The molecule has 2 saturated heterocycles. The number of nitrogens with zero attached hydrogens (tertiary/aromatic N) is 2. The summed E-state index contributed by atoms with van der Waals surface area (Å²) in [4.78, 5) is 26.3. The van der Waals surface area contributed by atoms with Gasteiger partial charge in [-0.3, -0.25) is 9.59 Å². The molecule has 0 bridgehead atoms. The molecular formula is C16H23N3O3. The molecule has 0 atom stereocenters. The summed E-state index contributed by atoms with van der Waals surface area (Å²) >= 11 is 0. The molecule has 2 aliphatic rings. The van der Waals surface area contributed by atoms with Gasteiger partial charge in [0.05, 0.1) is 0 Å². The summed E-state index contributed by atoms with van der Waals surface area (Å²) in [6.07, 6.45) is 5.80. The molecule has 120 valence electrons. The third-order valence-corrected chi connectivity index (χ3v) is 4.45. The van der Waals surface area contributed by atoms with Crippen molar-refractivity contribution in [1.82, 2.24) is 14.8 Å². The van der Waals surface area contributed by atoms with E-state index < -0.39 is 0 Å². The van der Waals surface area contributed by atoms with Gasteiger partial charge in [-0.2, -0.15) is 0 Å². The molecule has 0 saturated carbocycles. The zero-order chi connectivity index (χ0) is 15.4. The lowest BCUT2D eigenvalue weighted by molar-refractivity contribution is -0.132. The van der Waals surface area contributed by atoms with Gasteiger partial charge in [-0.15, -0.1) is 0 Å². The Morgan fingerprint density at radius 3 is 2.73 bits per heavy atom. The number of carbonyl (C=O) groups is 1. The summed E-state index contributed by atoms with van der Waals surface area (Å²) in [5.74, 6) is 0.239. The van der Waals surface area contributed by atoms with Crippen molar-refractivity contribution < 1.29 is 9.53 Å². The molecule has 0 aromatic carbocycles. The van der Waals surface area contributed by atoms with Gasteiger partial charge in [0.1, 0.15) is 0 Å². The standard InChI is InChI=1S/C16H23N3O3/c20-15(18-9-1-2-10-18)12-22-14-4-3-11-19(16(14)21)13-5-7-17-8-6-13/h3-4,11,13,17H,1-2,5-10,12H2. The second kappa shape index (κ2) is 6.96. The van der Waals surface area contributed by atoms with E-state index in [1.165, 1.54) is 0 Å². The first kappa shape index (κ1) is 15.1. The van der Waals surface area contributed by atoms with Crippen LogP contribution in [0.4, 0.5) is 0 Å². The molecule has 3 rings (SSSR count). The Morgan fingerprint density at radius 1 is 1.27 bits per heavy atom. The van der Waals surface area contributed by atoms with Crippen LogP contribution in [0.2, 0.25) is 0 Å². The summed E-state index contributed by atoms with van der Waals surface area (Å²) in [7, 11) is 0. The SMILES string of the molecule is O=C(COc1cccn(C2CCNCC2)c1=O)N1CCCC1. The quantitative estimate of drug-likeness (QED) is 0.892. The molecular weight excluding hydrogens is 282 g/mol. The molecule has 0 spiro atoms. The van der Waals surface area contributed by atoms with Gasteiger partial charge in [0, 0.05) is 25.3 Å². The second-order valence-electron chi connectivity index (χ2n) is 5.94. The lowest BCUT2D eigenvalue weighted by Crippen LogP contribution is -2.35. The van der Waals surface area contributed by atoms with E-state index in [0.29, 0.717) is 0 Å². The van der Waals surface area contributed by atoms with Gasteiger partial charge in [-0.05, 0) is 50.9 Å². The number of carbonyl (C=O) groups excluding carboxylic acids is 1. The fourth-order valence-corrected chi connectivity index (χ4v) is 3.17. The molecule has 1 N–H and O–H groups in total. The van der Waals surface area contributed by atoms with Crippen molar-refractivity contribution in [2.45, 2.75) is 31.7 Å². The zero-order valence-corrected chi connectivity index (χ0v) is 12.8. The van der Waals surface area contributed by atoms with Crippen molar-refractivity contribution in [2.75, 3.05) is 32.8 Å². The van der Waals surface area contributed by atoms with E-state index in [9.17, 15) is 9.59 Å². The van der Waals surface area contributed by atoms with Crippen molar-refractivity contribution in [1.29, 1.82) is 0 Å². The van der Waals surface area contributed by atoms with Crippen LogP contribution in [-0.4, -0.2) is 48.2 Å². The van der Waals surface area contributed by atoms with Crippen molar-refractivity contribution in [2.24, 2.45) is 0 Å². The molecule has 1 aromatic rings. The predicted octanol–water partition coefficient (Wildman–Crippen LogP) is 0.774. The average Bonchev–Trinajstić information content (AvgIpc) is 3.09. The Labute approximate surface area is 130 Å². The highest BCUT2D eigenvalue weighted by Gasteiger charge is 2.20. The number of pyridine rings is 1. The largest absolute Gasteiger partial charge is 0.478 e. The Hall–Kier alpha value is -1.82. The fourth-order valence-electron chi connectivity index (χ4n) is 3.17. The van der Waals surface area contributed by atoms with E-state index in [1.807, 2.05) is 12.3 Å². The monoisotopic (exact) mass is 305 g/mol. The molecule has 1 amide bonds. The third-order valence-electron chi connectivity index (χ3n) is 4.45. The molecule has 3 heterocycles. The number of nitrogens with one attached hydrogen (secondary N) is 1. The van der Waals surface area contributed by atoms with Gasteiger partial charge in [-0.25, -0.2) is 0 Å². The van der Waals surface area contributed by atoms with Crippen LogP contribution >= 0.6 is 0 Å². The van der Waals surface area contributed by atoms with Gasteiger partial charge in [0.2, 0.25) is 0 Å². The molecule has 1 aromatic heterocycles. The summed E-state index contributed by atoms with van der Waals surface area (Å²) < 4.78 is 7.25. The van der Waals surface area contributed by atoms with Gasteiger partial charge in [0.15, 0.2) is 12.4 Å². The molecule has 2 aliphatic heterocycles. The Kier molecular flexibility index (Phi) is 4.77. The minimum absolute atomic E-state index is 0.0332. The highest BCUT2D eigenvalue weighted by Crippen LogP contribution is 2.17.